The standard InChI is InChI=1S/C24H20N2O4S/c1-3-30-24(29)20-18(15-9-5-4-6-10-15)14-31-23(20)25-22(28)17-13-26(2)19-12-8-7-11-16(19)21(17)27/h4-14H,3H2,1-2H3,(H,25,28). The smallest absolute Gasteiger partial charge is 0.341 e. The zero-order chi connectivity index (χ0) is 22.0. The van der Waals surface area contributed by atoms with Gasteiger partial charge < -0.3 is 14.6 Å². The first-order valence-electron chi connectivity index (χ1n) is 9.75. The van der Waals surface area contributed by atoms with E-state index < -0.39 is 11.9 Å². The second-order valence-corrected chi connectivity index (χ2v) is 7.77. The monoisotopic (exact) mass is 432 g/mol. The average Bonchev–Trinajstić information content (AvgIpc) is 3.20. The summed E-state index contributed by atoms with van der Waals surface area (Å²) in [6, 6.07) is 16.5. The van der Waals surface area contributed by atoms with E-state index in [0.717, 1.165) is 11.1 Å². The zero-order valence-electron chi connectivity index (χ0n) is 17.0. The fourth-order valence-electron chi connectivity index (χ4n) is 3.46. The van der Waals surface area contributed by atoms with E-state index in [1.807, 2.05) is 42.5 Å². The number of benzene rings is 2. The summed E-state index contributed by atoms with van der Waals surface area (Å²) in [5.41, 5.74) is 2.17. The molecule has 0 radical (unpaired) electrons. The van der Waals surface area contributed by atoms with Gasteiger partial charge in [0.05, 0.1) is 12.1 Å². The number of aromatic nitrogens is 1. The van der Waals surface area contributed by atoms with E-state index in [2.05, 4.69) is 5.32 Å². The maximum absolute atomic E-state index is 13.0. The maximum atomic E-state index is 13.0. The van der Waals surface area contributed by atoms with Crippen molar-refractivity contribution in [1.29, 1.82) is 0 Å². The highest BCUT2D eigenvalue weighted by atomic mass is 32.1. The first kappa shape index (κ1) is 20.6. The molecule has 31 heavy (non-hydrogen) atoms. The minimum Gasteiger partial charge on any atom is -0.462 e. The van der Waals surface area contributed by atoms with Gasteiger partial charge in [0.25, 0.3) is 5.91 Å². The van der Waals surface area contributed by atoms with Crippen LogP contribution >= 0.6 is 11.3 Å². The average molecular weight is 433 g/mol. The van der Waals surface area contributed by atoms with E-state index in [9.17, 15) is 14.4 Å². The first-order valence-corrected chi connectivity index (χ1v) is 10.6. The Morgan fingerprint density at radius 2 is 1.77 bits per heavy atom. The third-order valence-electron chi connectivity index (χ3n) is 4.92. The fourth-order valence-corrected chi connectivity index (χ4v) is 4.41. The lowest BCUT2D eigenvalue weighted by Crippen LogP contribution is -2.24. The predicted molar refractivity (Wildman–Crippen MR) is 123 cm³/mol. The lowest BCUT2D eigenvalue weighted by atomic mass is 10.0. The molecule has 4 aromatic rings. The summed E-state index contributed by atoms with van der Waals surface area (Å²) < 4.78 is 6.97. The SMILES string of the molecule is CCOC(=O)c1c(-c2ccccc2)csc1NC(=O)c1cn(C)c2ccccc2c1=O. The second-order valence-electron chi connectivity index (χ2n) is 6.89. The maximum Gasteiger partial charge on any atom is 0.341 e. The molecule has 0 fully saturated rings. The van der Waals surface area contributed by atoms with Crippen LogP contribution in [0.3, 0.4) is 0 Å². The van der Waals surface area contributed by atoms with Crippen molar-refractivity contribution < 1.29 is 14.3 Å². The van der Waals surface area contributed by atoms with Gasteiger partial charge in [0.2, 0.25) is 5.43 Å². The largest absolute Gasteiger partial charge is 0.462 e. The minimum atomic E-state index is -0.571. The third kappa shape index (κ3) is 3.87. The number of esters is 1. The van der Waals surface area contributed by atoms with Crippen molar-refractivity contribution in [2.24, 2.45) is 7.05 Å². The van der Waals surface area contributed by atoms with Gasteiger partial charge in [0.15, 0.2) is 0 Å². The highest BCUT2D eigenvalue weighted by Gasteiger charge is 2.24. The lowest BCUT2D eigenvalue weighted by Gasteiger charge is -2.11. The molecule has 0 saturated carbocycles. The van der Waals surface area contributed by atoms with E-state index in [1.165, 1.54) is 17.5 Å². The number of carbonyl (C=O) groups is 2. The number of nitrogens with one attached hydrogen (secondary N) is 1. The van der Waals surface area contributed by atoms with E-state index in [-0.39, 0.29) is 23.2 Å². The number of rotatable bonds is 5. The van der Waals surface area contributed by atoms with Crippen molar-refractivity contribution in [3.63, 3.8) is 0 Å². The summed E-state index contributed by atoms with van der Waals surface area (Å²) in [6.07, 6.45) is 1.51. The number of nitrogens with zero attached hydrogens (tertiary/aromatic N) is 1. The van der Waals surface area contributed by atoms with Gasteiger partial charge in [-0.15, -0.1) is 11.3 Å². The van der Waals surface area contributed by atoms with Crippen LogP contribution in [0.25, 0.3) is 22.0 Å². The third-order valence-corrected chi connectivity index (χ3v) is 5.82. The van der Waals surface area contributed by atoms with E-state index >= 15 is 0 Å². The summed E-state index contributed by atoms with van der Waals surface area (Å²) in [5.74, 6) is -1.09. The number of anilines is 1. The number of fused-ring (bicyclic) bond motifs is 1. The minimum absolute atomic E-state index is 0.00525. The predicted octanol–water partition coefficient (Wildman–Crippen LogP) is 4.70. The molecule has 2 aromatic carbocycles. The quantitative estimate of drug-likeness (QED) is 0.464. The second kappa shape index (κ2) is 8.57. The number of thiophene rings is 1. The number of hydrogen-bond acceptors (Lipinski definition) is 5. The van der Waals surface area contributed by atoms with Gasteiger partial charge in [-0.2, -0.15) is 0 Å². The summed E-state index contributed by atoms with van der Waals surface area (Å²) in [6.45, 7) is 1.94. The molecule has 0 atom stereocenters. The molecule has 0 unspecified atom stereocenters. The van der Waals surface area contributed by atoms with Crippen molar-refractivity contribution in [2.75, 3.05) is 11.9 Å². The first-order chi connectivity index (χ1) is 15.0. The summed E-state index contributed by atoms with van der Waals surface area (Å²) in [7, 11) is 1.78. The molecule has 4 rings (SSSR count). The van der Waals surface area contributed by atoms with Gasteiger partial charge in [-0.1, -0.05) is 42.5 Å². The van der Waals surface area contributed by atoms with Crippen LogP contribution in [0.5, 0.6) is 0 Å². The molecule has 1 amide bonds. The highest BCUT2D eigenvalue weighted by Crippen LogP contribution is 2.36. The van der Waals surface area contributed by atoms with Gasteiger partial charge in [-0.05, 0) is 24.6 Å². The molecule has 2 aromatic heterocycles. The van der Waals surface area contributed by atoms with E-state index in [1.54, 1.807) is 36.1 Å². The Hall–Kier alpha value is -3.71. The van der Waals surface area contributed by atoms with Gasteiger partial charge in [-0.3, -0.25) is 9.59 Å². The molecule has 7 heteroatoms. The Kier molecular flexibility index (Phi) is 5.68. The van der Waals surface area contributed by atoms with Crippen LogP contribution in [0.4, 0.5) is 5.00 Å². The molecule has 0 aliphatic rings. The van der Waals surface area contributed by atoms with Gasteiger partial charge in [0, 0.05) is 29.6 Å². The van der Waals surface area contributed by atoms with Gasteiger partial charge in [0.1, 0.15) is 16.1 Å². The van der Waals surface area contributed by atoms with Crippen LogP contribution in [0, 0.1) is 0 Å². The zero-order valence-corrected chi connectivity index (χ0v) is 17.9. The Morgan fingerprint density at radius 1 is 1.06 bits per heavy atom. The Bertz CT molecular complexity index is 1340. The van der Waals surface area contributed by atoms with Gasteiger partial charge in [-0.25, -0.2) is 4.79 Å². The number of hydrogen-bond donors (Lipinski definition) is 1. The normalized spacial score (nSPS) is 10.8. The molecular formula is C24H20N2O4S. The lowest BCUT2D eigenvalue weighted by molar-refractivity contribution is 0.0529. The van der Waals surface area contributed by atoms with Crippen molar-refractivity contribution >= 4 is 39.1 Å². The summed E-state index contributed by atoms with van der Waals surface area (Å²) in [4.78, 5) is 38.6. The van der Waals surface area contributed by atoms with Crippen molar-refractivity contribution in [3.05, 3.63) is 87.5 Å². The van der Waals surface area contributed by atoms with Crippen molar-refractivity contribution in [3.8, 4) is 11.1 Å². The van der Waals surface area contributed by atoms with Crippen LogP contribution in [0.15, 0.2) is 71.0 Å². The van der Waals surface area contributed by atoms with Crippen molar-refractivity contribution in [1.82, 2.24) is 4.57 Å². The number of amides is 1. The van der Waals surface area contributed by atoms with Crippen LogP contribution < -0.4 is 10.7 Å². The van der Waals surface area contributed by atoms with Crippen LogP contribution in [0.1, 0.15) is 27.6 Å². The number of carbonyl (C=O) groups excluding carboxylic acids is 2. The van der Waals surface area contributed by atoms with E-state index in [4.69, 9.17) is 4.74 Å². The number of para-hydroxylation sites is 1. The molecule has 2 heterocycles. The van der Waals surface area contributed by atoms with Crippen LogP contribution in [0.2, 0.25) is 0 Å². The molecule has 0 spiro atoms. The van der Waals surface area contributed by atoms with Crippen LogP contribution in [-0.2, 0) is 11.8 Å². The van der Waals surface area contributed by atoms with E-state index in [0.29, 0.717) is 16.0 Å². The summed E-state index contributed by atoms with van der Waals surface area (Å²) in [5, 5.41) is 5.36. The molecule has 156 valence electrons. The number of pyridine rings is 1. The van der Waals surface area contributed by atoms with Crippen LogP contribution in [-0.4, -0.2) is 23.1 Å². The molecule has 6 nitrogen and oxygen atoms in total. The number of aryl methyl sites for hydroxylation is 1. The molecule has 0 aliphatic heterocycles. The Morgan fingerprint density at radius 3 is 2.52 bits per heavy atom. The molecule has 0 bridgehead atoms. The summed E-state index contributed by atoms with van der Waals surface area (Å²) >= 11 is 1.22. The topological polar surface area (TPSA) is 77.4 Å². The molecule has 0 saturated heterocycles. The number of ether oxygens (including phenoxy) is 1. The highest BCUT2D eigenvalue weighted by molar-refractivity contribution is 7.15. The Balaban J connectivity index is 1.76. The van der Waals surface area contributed by atoms with Crippen molar-refractivity contribution in [2.45, 2.75) is 6.92 Å². The van der Waals surface area contributed by atoms with Gasteiger partial charge >= 0.3 is 5.97 Å². The Labute approximate surface area is 182 Å². The molecule has 1 N–H and O–H groups in total. The molecule has 0 aliphatic carbocycles. The molecular weight excluding hydrogens is 412 g/mol. The fraction of sp³-hybridized carbons (Fsp3) is 0.125.